The Kier molecular flexibility index (Phi) is 4.22. The van der Waals surface area contributed by atoms with E-state index in [0.29, 0.717) is 25.1 Å². The molecule has 8 heteroatoms. The quantitative estimate of drug-likeness (QED) is 0.652. The van der Waals surface area contributed by atoms with E-state index in [1.165, 1.54) is 0 Å². The van der Waals surface area contributed by atoms with Crippen LogP contribution in [0.1, 0.15) is 16.1 Å². The summed E-state index contributed by atoms with van der Waals surface area (Å²) >= 11 is 0. The fourth-order valence-electron chi connectivity index (χ4n) is 3.14. The lowest BCUT2D eigenvalue weighted by Crippen LogP contribution is -2.58. The van der Waals surface area contributed by atoms with Crippen LogP contribution >= 0.6 is 0 Å². The molecule has 1 aliphatic rings. The molecular weight excluding hydrogens is 332 g/mol. The molecule has 132 valence electrons. The zero-order valence-electron chi connectivity index (χ0n) is 14.0. The van der Waals surface area contributed by atoms with Crippen molar-refractivity contribution in [3.8, 4) is 11.3 Å². The summed E-state index contributed by atoms with van der Waals surface area (Å²) < 4.78 is 0. The summed E-state index contributed by atoms with van der Waals surface area (Å²) in [6, 6.07) is 8.61. The lowest BCUT2D eigenvalue weighted by atomic mass is 10.0. The van der Waals surface area contributed by atoms with Gasteiger partial charge in [0.15, 0.2) is 0 Å². The number of imidazole rings is 1. The van der Waals surface area contributed by atoms with E-state index < -0.39 is 6.04 Å². The van der Waals surface area contributed by atoms with Crippen molar-refractivity contribution in [1.29, 1.82) is 0 Å². The van der Waals surface area contributed by atoms with Crippen LogP contribution in [0.25, 0.3) is 11.3 Å². The van der Waals surface area contributed by atoms with E-state index in [2.05, 4.69) is 25.5 Å². The summed E-state index contributed by atoms with van der Waals surface area (Å²) in [6.07, 6.45) is 5.32. The van der Waals surface area contributed by atoms with Gasteiger partial charge in [0.05, 0.1) is 12.0 Å². The molecule has 1 atom stereocenters. The van der Waals surface area contributed by atoms with E-state index in [4.69, 9.17) is 0 Å². The Labute approximate surface area is 149 Å². The van der Waals surface area contributed by atoms with E-state index in [9.17, 15) is 9.59 Å². The molecule has 2 amide bonds. The normalized spacial score (nSPS) is 17.2. The Morgan fingerprint density at radius 3 is 2.77 bits per heavy atom. The first-order valence-corrected chi connectivity index (χ1v) is 8.38. The minimum atomic E-state index is -0.552. The number of amides is 2. The Hall–Kier alpha value is -3.42. The standard InChI is InChI=1S/C18H18N6O2/c25-17-16(9-14-10-19-11-21-14)24(8-7-20-17)18(26)13-3-1-12(2-4-13)15-5-6-22-23-15/h1-6,10-11,16H,7-9H2,(H,19,21)(H,20,25)(H,22,23)/t16-/m0/s1. The molecule has 3 N–H and O–H groups in total. The number of H-pyrrole nitrogens is 2. The summed E-state index contributed by atoms with van der Waals surface area (Å²) in [5.41, 5.74) is 3.21. The Morgan fingerprint density at radius 1 is 1.23 bits per heavy atom. The van der Waals surface area contributed by atoms with Crippen molar-refractivity contribution in [3.63, 3.8) is 0 Å². The molecule has 0 radical (unpaired) electrons. The van der Waals surface area contributed by atoms with E-state index in [-0.39, 0.29) is 11.8 Å². The van der Waals surface area contributed by atoms with Crippen molar-refractivity contribution in [1.82, 2.24) is 30.4 Å². The highest BCUT2D eigenvalue weighted by Gasteiger charge is 2.33. The zero-order valence-corrected chi connectivity index (χ0v) is 14.0. The number of hydrogen-bond donors (Lipinski definition) is 3. The molecule has 0 bridgehead atoms. The molecule has 0 aliphatic carbocycles. The van der Waals surface area contributed by atoms with Gasteiger partial charge in [-0.25, -0.2) is 4.98 Å². The molecular formula is C18H18N6O2. The Balaban J connectivity index is 1.55. The minimum absolute atomic E-state index is 0.145. The van der Waals surface area contributed by atoms with Crippen molar-refractivity contribution in [2.75, 3.05) is 13.1 Å². The SMILES string of the molecule is O=C1NCCN(C(=O)c2ccc(-c3ccn[nH]3)cc2)[C@H]1Cc1cnc[nH]1. The number of piperazine rings is 1. The lowest BCUT2D eigenvalue weighted by molar-refractivity contribution is -0.127. The van der Waals surface area contributed by atoms with Crippen molar-refractivity contribution < 1.29 is 9.59 Å². The van der Waals surface area contributed by atoms with Gasteiger partial charge in [0.25, 0.3) is 5.91 Å². The number of aromatic amines is 2. The highest BCUT2D eigenvalue weighted by atomic mass is 16.2. The van der Waals surface area contributed by atoms with E-state index in [1.54, 1.807) is 35.8 Å². The van der Waals surface area contributed by atoms with Crippen LogP contribution in [0.2, 0.25) is 0 Å². The van der Waals surface area contributed by atoms with Crippen LogP contribution < -0.4 is 5.32 Å². The van der Waals surface area contributed by atoms with Gasteiger partial charge in [0, 0.05) is 43.2 Å². The van der Waals surface area contributed by atoms with Crippen LogP contribution in [0.15, 0.2) is 49.1 Å². The minimum Gasteiger partial charge on any atom is -0.353 e. The van der Waals surface area contributed by atoms with E-state index >= 15 is 0 Å². The number of rotatable bonds is 4. The molecule has 0 saturated carbocycles. The number of benzene rings is 1. The summed E-state index contributed by atoms with van der Waals surface area (Å²) in [4.78, 5) is 33.9. The fraction of sp³-hybridized carbons (Fsp3) is 0.222. The fourth-order valence-corrected chi connectivity index (χ4v) is 3.14. The van der Waals surface area contributed by atoms with Gasteiger partial charge in [-0.05, 0) is 23.8 Å². The highest BCUT2D eigenvalue weighted by molar-refractivity contribution is 5.98. The topological polar surface area (TPSA) is 107 Å². The largest absolute Gasteiger partial charge is 0.353 e. The van der Waals surface area contributed by atoms with Crippen LogP contribution in [0.4, 0.5) is 0 Å². The molecule has 1 saturated heterocycles. The van der Waals surface area contributed by atoms with Crippen molar-refractivity contribution in [2.45, 2.75) is 12.5 Å². The second kappa shape index (κ2) is 6.83. The summed E-state index contributed by atoms with van der Waals surface area (Å²) in [5, 5.41) is 9.66. The number of hydrogen-bond acceptors (Lipinski definition) is 4. The van der Waals surface area contributed by atoms with Gasteiger partial charge in [0.2, 0.25) is 5.91 Å². The van der Waals surface area contributed by atoms with Crippen molar-refractivity contribution >= 4 is 11.8 Å². The maximum atomic E-state index is 13.0. The van der Waals surface area contributed by atoms with Crippen LogP contribution in [-0.4, -0.2) is 56.0 Å². The second-order valence-electron chi connectivity index (χ2n) is 6.13. The molecule has 3 heterocycles. The zero-order chi connectivity index (χ0) is 17.9. The van der Waals surface area contributed by atoms with Gasteiger partial charge < -0.3 is 15.2 Å². The third kappa shape index (κ3) is 3.08. The molecule has 26 heavy (non-hydrogen) atoms. The maximum Gasteiger partial charge on any atom is 0.254 e. The number of aromatic nitrogens is 4. The molecule has 8 nitrogen and oxygen atoms in total. The predicted molar refractivity (Wildman–Crippen MR) is 94.1 cm³/mol. The van der Waals surface area contributed by atoms with Crippen LogP contribution in [0, 0.1) is 0 Å². The first kappa shape index (κ1) is 16.1. The van der Waals surface area contributed by atoms with E-state index in [1.807, 2.05) is 18.2 Å². The number of carbonyl (C=O) groups excluding carboxylic acids is 2. The van der Waals surface area contributed by atoms with E-state index in [0.717, 1.165) is 17.0 Å². The molecule has 1 fully saturated rings. The molecule has 1 aromatic carbocycles. The third-order valence-electron chi connectivity index (χ3n) is 4.50. The van der Waals surface area contributed by atoms with Gasteiger partial charge >= 0.3 is 0 Å². The summed E-state index contributed by atoms with van der Waals surface area (Å²) in [5.74, 6) is -0.297. The van der Waals surface area contributed by atoms with Crippen LogP contribution in [-0.2, 0) is 11.2 Å². The molecule has 4 rings (SSSR count). The molecule has 0 unspecified atom stereocenters. The molecule has 3 aromatic rings. The lowest BCUT2D eigenvalue weighted by Gasteiger charge is -2.35. The van der Waals surface area contributed by atoms with Crippen molar-refractivity contribution in [3.05, 3.63) is 60.3 Å². The van der Waals surface area contributed by atoms with Gasteiger partial charge in [-0.1, -0.05) is 12.1 Å². The smallest absolute Gasteiger partial charge is 0.254 e. The van der Waals surface area contributed by atoms with Gasteiger partial charge in [-0.3, -0.25) is 14.7 Å². The molecule has 2 aromatic heterocycles. The Morgan fingerprint density at radius 2 is 2.08 bits per heavy atom. The summed E-state index contributed by atoms with van der Waals surface area (Å²) in [6.45, 7) is 0.932. The molecule has 0 spiro atoms. The number of nitrogens with one attached hydrogen (secondary N) is 3. The van der Waals surface area contributed by atoms with Crippen LogP contribution in [0.5, 0.6) is 0 Å². The van der Waals surface area contributed by atoms with Gasteiger partial charge in [-0.2, -0.15) is 5.10 Å². The van der Waals surface area contributed by atoms with Gasteiger partial charge in [-0.15, -0.1) is 0 Å². The second-order valence-corrected chi connectivity index (χ2v) is 6.13. The summed E-state index contributed by atoms with van der Waals surface area (Å²) in [7, 11) is 0. The third-order valence-corrected chi connectivity index (χ3v) is 4.50. The highest BCUT2D eigenvalue weighted by Crippen LogP contribution is 2.19. The number of carbonyl (C=O) groups is 2. The van der Waals surface area contributed by atoms with Crippen molar-refractivity contribution in [2.24, 2.45) is 0 Å². The first-order chi connectivity index (χ1) is 12.7. The van der Waals surface area contributed by atoms with Gasteiger partial charge in [0.1, 0.15) is 6.04 Å². The number of nitrogens with zero attached hydrogens (tertiary/aromatic N) is 3. The van der Waals surface area contributed by atoms with Crippen LogP contribution in [0.3, 0.4) is 0 Å². The average molecular weight is 350 g/mol. The Bertz CT molecular complexity index is 886. The first-order valence-electron chi connectivity index (χ1n) is 8.38. The maximum absolute atomic E-state index is 13.0. The predicted octanol–water partition coefficient (Wildman–Crippen LogP) is 0.983. The average Bonchev–Trinajstić information content (AvgIpc) is 3.37. The molecule has 1 aliphatic heterocycles. The monoisotopic (exact) mass is 350 g/mol.